The molecule has 0 radical (unpaired) electrons. The number of aryl methyl sites for hydroxylation is 1. The fourth-order valence-electron chi connectivity index (χ4n) is 3.25. The third-order valence-corrected chi connectivity index (χ3v) is 5.64. The van der Waals surface area contributed by atoms with E-state index in [4.69, 9.17) is 11.6 Å². The van der Waals surface area contributed by atoms with Crippen molar-refractivity contribution < 1.29 is 18.3 Å². The Morgan fingerprint density at radius 3 is 2.78 bits per heavy atom. The molecule has 27 heavy (non-hydrogen) atoms. The number of alkyl halides is 3. The van der Waals surface area contributed by atoms with Gasteiger partial charge in [0, 0.05) is 17.5 Å². The van der Waals surface area contributed by atoms with Crippen LogP contribution in [0.4, 0.5) is 13.2 Å². The smallest absolute Gasteiger partial charge is 0.416 e. The summed E-state index contributed by atoms with van der Waals surface area (Å²) in [5.74, 6) is -0.198. The monoisotopic (exact) mass is 413 g/mol. The Morgan fingerprint density at radius 1 is 1.33 bits per heavy atom. The molecule has 1 unspecified atom stereocenters. The number of fused-ring (bicyclic) bond motifs is 1. The molecule has 1 aromatic carbocycles. The number of rotatable bonds is 2. The summed E-state index contributed by atoms with van der Waals surface area (Å²) in [6, 6.07) is 3.90. The molecule has 0 saturated carbocycles. The van der Waals surface area contributed by atoms with Gasteiger partial charge < -0.3 is 5.11 Å². The third kappa shape index (κ3) is 3.10. The molecular weight excluding hydrogens is 403 g/mol. The molecule has 2 aromatic heterocycles. The number of nitrogens with zero attached hydrogens (tertiary/aromatic N) is 3. The Hall–Kier alpha value is -2.39. The van der Waals surface area contributed by atoms with Crippen LogP contribution in [0.5, 0.6) is 5.88 Å². The second kappa shape index (κ2) is 6.35. The molecule has 1 aliphatic rings. The normalized spacial score (nSPS) is 16.5. The highest BCUT2D eigenvalue weighted by molar-refractivity contribution is 7.15. The van der Waals surface area contributed by atoms with Gasteiger partial charge in [-0.25, -0.2) is 4.98 Å². The molecule has 3 aromatic rings. The molecule has 5 nitrogen and oxygen atoms in total. The molecule has 0 saturated heterocycles. The maximum Gasteiger partial charge on any atom is 0.416 e. The molecule has 1 aliphatic heterocycles. The third-order valence-electron chi connectivity index (χ3n) is 4.42. The summed E-state index contributed by atoms with van der Waals surface area (Å²) in [5.41, 5.74) is -1.80. The first-order valence-corrected chi connectivity index (χ1v) is 9.08. The molecule has 0 aliphatic carbocycles. The van der Waals surface area contributed by atoms with E-state index in [2.05, 4.69) is 9.97 Å². The Labute approximate surface area is 159 Å². The van der Waals surface area contributed by atoms with Crippen LogP contribution in [0.15, 0.2) is 35.3 Å². The number of benzene rings is 1. The Balaban J connectivity index is 1.89. The molecule has 140 valence electrons. The van der Waals surface area contributed by atoms with Crippen molar-refractivity contribution in [2.75, 3.05) is 0 Å². The van der Waals surface area contributed by atoms with E-state index in [0.29, 0.717) is 23.1 Å². The van der Waals surface area contributed by atoms with Gasteiger partial charge in [-0.2, -0.15) is 18.2 Å². The van der Waals surface area contributed by atoms with E-state index in [0.717, 1.165) is 17.0 Å². The minimum Gasteiger partial charge on any atom is -0.493 e. The van der Waals surface area contributed by atoms with Crippen LogP contribution < -0.4 is 5.56 Å². The second-order valence-electron chi connectivity index (χ2n) is 6.05. The Bertz CT molecular complexity index is 1090. The van der Waals surface area contributed by atoms with E-state index in [1.165, 1.54) is 28.0 Å². The predicted octanol–water partition coefficient (Wildman–Crippen LogP) is 4.28. The number of aromatic hydroxyl groups is 1. The van der Waals surface area contributed by atoms with E-state index in [1.807, 2.05) is 0 Å². The maximum absolute atomic E-state index is 13.1. The summed E-state index contributed by atoms with van der Waals surface area (Å²) in [6.07, 6.45) is -1.98. The van der Waals surface area contributed by atoms with Crippen molar-refractivity contribution in [1.82, 2.24) is 14.5 Å². The summed E-state index contributed by atoms with van der Waals surface area (Å²) in [5, 5.41) is 10.2. The first-order valence-electron chi connectivity index (χ1n) is 7.89. The van der Waals surface area contributed by atoms with Gasteiger partial charge in [0.15, 0.2) is 4.47 Å². The standard InChI is InChI=1S/C17H11ClF3N3O2S/c18-16-22-7-11(27-16)10-4-5-12-23-14(25)13(15(26)24(10)12)8-2-1-3-9(6-8)17(19,20)21/h1-3,6-7,10,25H,4-5H2. The lowest BCUT2D eigenvalue weighted by atomic mass is 10.0. The fourth-order valence-corrected chi connectivity index (χ4v) is 4.33. The molecule has 4 rings (SSSR count). The van der Waals surface area contributed by atoms with Crippen LogP contribution in [-0.2, 0) is 12.6 Å². The van der Waals surface area contributed by atoms with Crippen LogP contribution >= 0.6 is 22.9 Å². The highest BCUT2D eigenvalue weighted by Crippen LogP contribution is 2.37. The summed E-state index contributed by atoms with van der Waals surface area (Å²) >= 11 is 7.10. The van der Waals surface area contributed by atoms with Gasteiger partial charge in [0.05, 0.1) is 11.6 Å². The van der Waals surface area contributed by atoms with Gasteiger partial charge in [-0.05, 0) is 24.1 Å². The second-order valence-corrected chi connectivity index (χ2v) is 7.69. The number of halogens is 4. The number of hydrogen-bond acceptors (Lipinski definition) is 5. The molecule has 0 fully saturated rings. The minimum absolute atomic E-state index is 0.0388. The molecule has 0 bridgehead atoms. The first-order chi connectivity index (χ1) is 12.8. The zero-order valence-corrected chi connectivity index (χ0v) is 15.1. The average molecular weight is 414 g/mol. The largest absolute Gasteiger partial charge is 0.493 e. The zero-order valence-electron chi connectivity index (χ0n) is 13.5. The van der Waals surface area contributed by atoms with Crippen LogP contribution in [0, 0.1) is 0 Å². The molecule has 3 heterocycles. The summed E-state index contributed by atoms with van der Waals surface area (Å²) in [7, 11) is 0. The molecule has 10 heteroatoms. The lowest BCUT2D eigenvalue weighted by Crippen LogP contribution is -2.26. The summed E-state index contributed by atoms with van der Waals surface area (Å²) in [6.45, 7) is 0. The van der Waals surface area contributed by atoms with Crippen molar-refractivity contribution in [3.8, 4) is 17.0 Å². The average Bonchev–Trinajstić information content (AvgIpc) is 3.20. The van der Waals surface area contributed by atoms with Gasteiger partial charge in [-0.15, -0.1) is 11.3 Å². The predicted molar refractivity (Wildman–Crippen MR) is 94.2 cm³/mol. The van der Waals surface area contributed by atoms with Crippen molar-refractivity contribution in [2.45, 2.75) is 25.1 Å². The topological polar surface area (TPSA) is 68.0 Å². The van der Waals surface area contributed by atoms with Crippen molar-refractivity contribution in [3.63, 3.8) is 0 Å². The Kier molecular flexibility index (Phi) is 4.23. The van der Waals surface area contributed by atoms with Gasteiger partial charge in [-0.3, -0.25) is 9.36 Å². The van der Waals surface area contributed by atoms with Gasteiger partial charge in [0.1, 0.15) is 11.4 Å². The first kappa shape index (κ1) is 18.0. The van der Waals surface area contributed by atoms with Crippen molar-refractivity contribution in [1.29, 1.82) is 0 Å². The highest BCUT2D eigenvalue weighted by atomic mass is 35.5. The number of hydrogen-bond donors (Lipinski definition) is 1. The van der Waals surface area contributed by atoms with Gasteiger partial charge in [-0.1, -0.05) is 23.7 Å². The highest BCUT2D eigenvalue weighted by Gasteiger charge is 2.33. The lowest BCUT2D eigenvalue weighted by Gasteiger charge is -2.15. The van der Waals surface area contributed by atoms with Crippen LogP contribution in [0.25, 0.3) is 11.1 Å². The van der Waals surface area contributed by atoms with Gasteiger partial charge >= 0.3 is 6.18 Å². The Morgan fingerprint density at radius 2 is 2.11 bits per heavy atom. The molecule has 0 amide bonds. The van der Waals surface area contributed by atoms with E-state index in [-0.39, 0.29) is 17.2 Å². The van der Waals surface area contributed by atoms with Crippen molar-refractivity contribution in [3.05, 3.63) is 61.5 Å². The SMILES string of the molecule is O=c1c(-c2cccc(C(F)(F)F)c2)c(O)nc2n1C(c1cnc(Cl)s1)CC2. The van der Waals surface area contributed by atoms with Crippen LogP contribution in [-0.4, -0.2) is 19.6 Å². The fraction of sp³-hybridized carbons (Fsp3) is 0.235. The molecule has 0 spiro atoms. The van der Waals surface area contributed by atoms with E-state index in [9.17, 15) is 23.1 Å². The van der Waals surface area contributed by atoms with Gasteiger partial charge in [0.25, 0.3) is 5.56 Å². The van der Waals surface area contributed by atoms with E-state index < -0.39 is 23.2 Å². The molecule has 1 N–H and O–H groups in total. The van der Waals surface area contributed by atoms with E-state index in [1.54, 1.807) is 6.20 Å². The molecular formula is C17H11ClF3N3O2S. The maximum atomic E-state index is 13.1. The number of aromatic nitrogens is 3. The molecule has 1 atom stereocenters. The number of thiazole rings is 1. The lowest BCUT2D eigenvalue weighted by molar-refractivity contribution is -0.137. The van der Waals surface area contributed by atoms with Crippen molar-refractivity contribution in [2.24, 2.45) is 0 Å². The minimum atomic E-state index is -4.56. The van der Waals surface area contributed by atoms with Crippen LogP contribution in [0.1, 0.15) is 28.7 Å². The van der Waals surface area contributed by atoms with Gasteiger partial charge in [0.2, 0.25) is 5.88 Å². The van der Waals surface area contributed by atoms with E-state index >= 15 is 0 Å². The van der Waals surface area contributed by atoms with Crippen molar-refractivity contribution >= 4 is 22.9 Å². The van der Waals surface area contributed by atoms with Crippen LogP contribution in [0.3, 0.4) is 0 Å². The van der Waals surface area contributed by atoms with Crippen LogP contribution in [0.2, 0.25) is 4.47 Å². The summed E-state index contributed by atoms with van der Waals surface area (Å²) in [4.78, 5) is 21.8. The quantitative estimate of drug-likeness (QED) is 0.681. The summed E-state index contributed by atoms with van der Waals surface area (Å²) < 4.78 is 40.8. The zero-order chi connectivity index (χ0) is 19.3.